The van der Waals surface area contributed by atoms with Gasteiger partial charge in [-0.15, -0.1) is 5.10 Å². The number of rotatable bonds is 9. The first-order valence-corrected chi connectivity index (χ1v) is 10.2. The topological polar surface area (TPSA) is 130 Å². The van der Waals surface area contributed by atoms with Crippen LogP contribution >= 0.6 is 11.8 Å². The van der Waals surface area contributed by atoms with Gasteiger partial charge in [-0.25, -0.2) is 5.43 Å². The van der Waals surface area contributed by atoms with Gasteiger partial charge in [0.05, 0.1) is 31.9 Å². The molecule has 11 nitrogen and oxygen atoms in total. The van der Waals surface area contributed by atoms with Crippen molar-refractivity contribution >= 4 is 29.9 Å². The zero-order valence-electron chi connectivity index (χ0n) is 17.5. The van der Waals surface area contributed by atoms with Crippen LogP contribution in [0.4, 0.5) is 0 Å². The molecule has 12 heteroatoms. The molecule has 0 spiro atoms. The number of hydrazone groups is 1. The van der Waals surface area contributed by atoms with Crippen LogP contribution in [0, 0.1) is 0 Å². The largest absolute Gasteiger partial charge is 0.493 e. The number of nitrogens with zero attached hydrogens (tertiary/aromatic N) is 5. The van der Waals surface area contributed by atoms with Crippen molar-refractivity contribution in [3.05, 3.63) is 48.0 Å². The Morgan fingerprint density at radius 2 is 1.84 bits per heavy atom. The molecule has 0 saturated carbocycles. The van der Waals surface area contributed by atoms with Gasteiger partial charge < -0.3 is 14.2 Å². The van der Waals surface area contributed by atoms with Gasteiger partial charge in [0.2, 0.25) is 10.9 Å². The number of tetrazole rings is 1. The smallest absolute Gasteiger partial charge is 0.308 e. The summed E-state index contributed by atoms with van der Waals surface area (Å²) in [6.07, 6.45) is 1.42. The second-order valence-electron chi connectivity index (χ2n) is 6.14. The van der Waals surface area contributed by atoms with Crippen LogP contribution in [0.5, 0.6) is 17.2 Å². The lowest BCUT2D eigenvalue weighted by atomic mass is 10.2. The number of hydrogen-bond donors (Lipinski definition) is 1. The van der Waals surface area contributed by atoms with Crippen molar-refractivity contribution in [3.63, 3.8) is 0 Å². The fourth-order valence-electron chi connectivity index (χ4n) is 2.56. The molecule has 0 fully saturated rings. The minimum absolute atomic E-state index is 0.0581. The summed E-state index contributed by atoms with van der Waals surface area (Å²) in [6.45, 7) is 1.28. The molecule has 3 aromatic rings. The second kappa shape index (κ2) is 10.9. The fraction of sp³-hybridized carbons (Fsp3) is 0.200. The van der Waals surface area contributed by atoms with Gasteiger partial charge in [-0.05, 0) is 34.7 Å². The van der Waals surface area contributed by atoms with Crippen LogP contribution in [0.15, 0.2) is 52.7 Å². The number of carbonyl (C=O) groups is 2. The predicted octanol–water partition coefficient (Wildman–Crippen LogP) is 1.85. The molecule has 1 N–H and O–H groups in total. The van der Waals surface area contributed by atoms with Crippen molar-refractivity contribution in [2.24, 2.45) is 5.10 Å². The number of esters is 1. The number of methoxy groups -OCH3 is 2. The van der Waals surface area contributed by atoms with Crippen molar-refractivity contribution < 1.29 is 23.8 Å². The van der Waals surface area contributed by atoms with E-state index >= 15 is 0 Å². The first-order valence-electron chi connectivity index (χ1n) is 9.24. The van der Waals surface area contributed by atoms with Gasteiger partial charge in [0, 0.05) is 12.5 Å². The van der Waals surface area contributed by atoms with Crippen molar-refractivity contribution in [1.29, 1.82) is 0 Å². The molecule has 0 bridgehead atoms. The van der Waals surface area contributed by atoms with Crippen LogP contribution < -0.4 is 19.6 Å². The molecule has 1 amide bonds. The standard InChI is InChI=1S/C20H20N6O5S/c1-13(27)31-19-16(29-2)9-14(10-17(19)30-3)11-21-22-18(28)12-32-20-23-24-25-26(20)15-7-5-4-6-8-15/h4-11H,12H2,1-3H3,(H,22,28)/b21-11-. The third-order valence-electron chi connectivity index (χ3n) is 3.91. The lowest BCUT2D eigenvalue weighted by molar-refractivity contribution is -0.132. The molecule has 2 aromatic carbocycles. The molecule has 1 aromatic heterocycles. The first kappa shape index (κ1) is 22.7. The van der Waals surface area contributed by atoms with Crippen molar-refractivity contribution in [3.8, 4) is 22.9 Å². The number of hydrogen-bond acceptors (Lipinski definition) is 10. The molecule has 1 heterocycles. The Kier molecular flexibility index (Phi) is 7.75. The molecule has 32 heavy (non-hydrogen) atoms. The van der Waals surface area contributed by atoms with Crippen LogP contribution in [-0.4, -0.2) is 58.3 Å². The highest BCUT2D eigenvalue weighted by Gasteiger charge is 2.16. The monoisotopic (exact) mass is 456 g/mol. The molecule has 0 aliphatic carbocycles. The van der Waals surface area contributed by atoms with Gasteiger partial charge in [-0.1, -0.05) is 30.0 Å². The molecule has 0 saturated heterocycles. The van der Waals surface area contributed by atoms with Gasteiger partial charge in [0.25, 0.3) is 5.91 Å². The van der Waals surface area contributed by atoms with Crippen molar-refractivity contribution in [1.82, 2.24) is 25.6 Å². The van der Waals surface area contributed by atoms with E-state index in [2.05, 4.69) is 26.1 Å². The number of nitrogens with one attached hydrogen (secondary N) is 1. The van der Waals surface area contributed by atoms with E-state index in [4.69, 9.17) is 14.2 Å². The van der Waals surface area contributed by atoms with Gasteiger partial charge in [0.1, 0.15) is 0 Å². The number of thioether (sulfide) groups is 1. The maximum atomic E-state index is 12.2. The summed E-state index contributed by atoms with van der Waals surface area (Å²) in [5.74, 6) is -0.0550. The number of benzene rings is 2. The maximum Gasteiger partial charge on any atom is 0.308 e. The zero-order chi connectivity index (χ0) is 22.9. The predicted molar refractivity (Wildman–Crippen MR) is 116 cm³/mol. The summed E-state index contributed by atoms with van der Waals surface area (Å²) >= 11 is 1.18. The van der Waals surface area contributed by atoms with Crippen LogP contribution in [0.25, 0.3) is 5.69 Å². The zero-order valence-corrected chi connectivity index (χ0v) is 18.3. The molecule has 3 rings (SSSR count). The molecule has 0 aliphatic rings. The summed E-state index contributed by atoms with van der Waals surface area (Å²) in [5.41, 5.74) is 3.80. The number of para-hydroxylation sites is 1. The number of amides is 1. The maximum absolute atomic E-state index is 12.2. The Morgan fingerprint density at radius 3 is 2.47 bits per heavy atom. The second-order valence-corrected chi connectivity index (χ2v) is 7.08. The van der Waals surface area contributed by atoms with E-state index in [1.807, 2.05) is 30.3 Å². The molecular formula is C20H20N6O5S. The van der Waals surface area contributed by atoms with Crippen molar-refractivity contribution in [2.75, 3.05) is 20.0 Å². The molecule has 0 unspecified atom stereocenters. The van der Waals surface area contributed by atoms with E-state index in [1.165, 1.54) is 39.1 Å². The quantitative estimate of drug-likeness (QED) is 0.168. The number of carbonyl (C=O) groups excluding carboxylic acids is 2. The van der Waals surface area contributed by atoms with Crippen LogP contribution in [-0.2, 0) is 9.59 Å². The van der Waals surface area contributed by atoms with Gasteiger partial charge in [-0.2, -0.15) is 9.78 Å². The molecule has 0 aliphatic heterocycles. The Hall–Kier alpha value is -3.93. The summed E-state index contributed by atoms with van der Waals surface area (Å²) in [6, 6.07) is 12.5. The Labute approximate surface area is 187 Å². The van der Waals surface area contributed by atoms with E-state index in [1.54, 1.807) is 16.8 Å². The lowest BCUT2D eigenvalue weighted by Gasteiger charge is -2.13. The van der Waals surface area contributed by atoms with Crippen LogP contribution in [0.3, 0.4) is 0 Å². The van der Waals surface area contributed by atoms with E-state index in [9.17, 15) is 9.59 Å². The third-order valence-corrected chi connectivity index (χ3v) is 4.82. The lowest BCUT2D eigenvalue weighted by Crippen LogP contribution is -2.20. The summed E-state index contributed by atoms with van der Waals surface area (Å²) < 4.78 is 17.2. The minimum Gasteiger partial charge on any atom is -0.493 e. The average Bonchev–Trinajstić information content (AvgIpc) is 3.27. The highest BCUT2D eigenvalue weighted by Crippen LogP contribution is 2.38. The highest BCUT2D eigenvalue weighted by atomic mass is 32.2. The van der Waals surface area contributed by atoms with Gasteiger partial charge in [-0.3, -0.25) is 9.59 Å². The number of ether oxygens (including phenoxy) is 3. The van der Waals surface area contributed by atoms with E-state index in [0.717, 1.165) is 5.69 Å². The minimum atomic E-state index is -0.508. The normalized spacial score (nSPS) is 10.7. The Bertz CT molecular complexity index is 1090. The van der Waals surface area contributed by atoms with E-state index in [0.29, 0.717) is 10.7 Å². The molecule has 0 radical (unpaired) electrons. The average molecular weight is 456 g/mol. The Balaban J connectivity index is 1.61. The molecule has 166 valence electrons. The Morgan fingerprint density at radius 1 is 1.16 bits per heavy atom. The highest BCUT2D eigenvalue weighted by molar-refractivity contribution is 7.99. The molecule has 0 atom stereocenters. The van der Waals surface area contributed by atoms with Crippen molar-refractivity contribution in [2.45, 2.75) is 12.1 Å². The number of aromatic nitrogens is 4. The van der Waals surface area contributed by atoms with Gasteiger partial charge >= 0.3 is 5.97 Å². The fourth-order valence-corrected chi connectivity index (χ4v) is 3.24. The van der Waals surface area contributed by atoms with Crippen LogP contribution in [0.1, 0.15) is 12.5 Å². The first-order chi connectivity index (χ1) is 15.5. The summed E-state index contributed by atoms with van der Waals surface area (Å²) in [5, 5.41) is 16.0. The van der Waals surface area contributed by atoms with Gasteiger partial charge in [0.15, 0.2) is 11.5 Å². The summed E-state index contributed by atoms with van der Waals surface area (Å²) in [4.78, 5) is 23.5. The molecular weight excluding hydrogens is 436 g/mol. The van der Waals surface area contributed by atoms with E-state index in [-0.39, 0.29) is 28.9 Å². The summed E-state index contributed by atoms with van der Waals surface area (Å²) in [7, 11) is 2.87. The SMILES string of the molecule is COc1cc(/C=N\NC(=O)CSc2nnnn2-c2ccccc2)cc(OC)c1OC(C)=O. The van der Waals surface area contributed by atoms with E-state index < -0.39 is 5.97 Å². The third kappa shape index (κ3) is 5.82. The van der Waals surface area contributed by atoms with Crippen LogP contribution in [0.2, 0.25) is 0 Å².